The van der Waals surface area contributed by atoms with E-state index in [-0.39, 0.29) is 30.8 Å². The summed E-state index contributed by atoms with van der Waals surface area (Å²) in [6, 6.07) is 6.38. The van der Waals surface area contributed by atoms with Crippen LogP contribution in [0.25, 0.3) is 0 Å². The maximum atomic E-state index is 13.3. The van der Waals surface area contributed by atoms with Gasteiger partial charge in [-0.2, -0.15) is 0 Å². The van der Waals surface area contributed by atoms with Gasteiger partial charge in [0.25, 0.3) is 0 Å². The second kappa shape index (κ2) is 5.62. The molecule has 0 heterocycles. The minimum Gasteiger partial charge on any atom is -0.352 e. The molecule has 4 nitrogen and oxygen atoms in total. The summed E-state index contributed by atoms with van der Waals surface area (Å²) in [6.07, 6.45) is 1.97. The van der Waals surface area contributed by atoms with Crippen LogP contribution in [0.3, 0.4) is 0 Å². The first-order valence-electron chi connectivity index (χ1n) is 5.94. The van der Waals surface area contributed by atoms with E-state index in [0.717, 1.165) is 12.8 Å². The lowest BCUT2D eigenvalue weighted by molar-refractivity contribution is -0.125. The van der Waals surface area contributed by atoms with Crippen molar-refractivity contribution in [3.63, 3.8) is 0 Å². The maximum Gasteiger partial charge on any atom is 0.239 e. The highest BCUT2D eigenvalue weighted by Gasteiger charge is 2.23. The quantitative estimate of drug-likeness (QED) is 0.810. The molecule has 1 fully saturated rings. The first kappa shape index (κ1) is 12.5. The summed E-state index contributed by atoms with van der Waals surface area (Å²) in [6.45, 7) is -0.0518. The lowest BCUT2D eigenvalue weighted by atomic mass is 10.1. The molecule has 18 heavy (non-hydrogen) atoms. The summed E-state index contributed by atoms with van der Waals surface area (Å²) in [5, 5.41) is 5.23. The molecule has 1 aliphatic rings. The highest BCUT2D eigenvalue weighted by atomic mass is 19.1. The predicted octanol–water partition coefficient (Wildman–Crippen LogP) is 0.763. The van der Waals surface area contributed by atoms with Crippen LogP contribution in [0.1, 0.15) is 18.4 Å². The molecule has 0 bridgehead atoms. The Labute approximate surface area is 105 Å². The first-order chi connectivity index (χ1) is 8.65. The van der Waals surface area contributed by atoms with E-state index in [1.807, 2.05) is 0 Å². The topological polar surface area (TPSA) is 58.2 Å². The van der Waals surface area contributed by atoms with Gasteiger partial charge in [0, 0.05) is 6.04 Å². The van der Waals surface area contributed by atoms with Crippen molar-refractivity contribution in [1.29, 1.82) is 0 Å². The lowest BCUT2D eigenvalue weighted by Gasteiger charge is -2.06. The van der Waals surface area contributed by atoms with Gasteiger partial charge in [-0.05, 0) is 24.5 Å². The number of benzene rings is 1. The van der Waals surface area contributed by atoms with E-state index in [4.69, 9.17) is 0 Å². The molecule has 0 radical (unpaired) electrons. The normalized spacial score (nSPS) is 14.1. The summed E-state index contributed by atoms with van der Waals surface area (Å²) in [5.41, 5.74) is 0.331. The summed E-state index contributed by atoms with van der Waals surface area (Å²) in [4.78, 5) is 22.8. The van der Waals surface area contributed by atoms with Crippen LogP contribution in [-0.4, -0.2) is 24.4 Å². The Morgan fingerprint density at radius 1 is 1.22 bits per heavy atom. The summed E-state index contributed by atoms with van der Waals surface area (Å²) in [7, 11) is 0. The number of rotatable bonds is 5. The Kier molecular flexibility index (Phi) is 3.92. The smallest absolute Gasteiger partial charge is 0.239 e. The van der Waals surface area contributed by atoms with E-state index in [1.54, 1.807) is 18.2 Å². The van der Waals surface area contributed by atoms with Gasteiger partial charge in [0.1, 0.15) is 5.82 Å². The number of amides is 2. The van der Waals surface area contributed by atoms with Gasteiger partial charge >= 0.3 is 0 Å². The van der Waals surface area contributed by atoms with Gasteiger partial charge in [-0.25, -0.2) is 4.39 Å². The van der Waals surface area contributed by atoms with Gasteiger partial charge in [-0.1, -0.05) is 18.2 Å². The maximum absolute atomic E-state index is 13.3. The Morgan fingerprint density at radius 2 is 1.94 bits per heavy atom. The molecule has 5 heteroatoms. The molecular formula is C13H15FN2O2. The van der Waals surface area contributed by atoms with E-state index in [9.17, 15) is 14.0 Å². The van der Waals surface area contributed by atoms with E-state index >= 15 is 0 Å². The number of hydrogen-bond acceptors (Lipinski definition) is 2. The van der Waals surface area contributed by atoms with Gasteiger partial charge in [-0.3, -0.25) is 9.59 Å². The molecule has 0 unspecified atom stereocenters. The molecule has 2 N–H and O–H groups in total. The van der Waals surface area contributed by atoms with Gasteiger partial charge in [-0.15, -0.1) is 0 Å². The van der Waals surface area contributed by atoms with Crippen LogP contribution >= 0.6 is 0 Å². The molecule has 96 valence electrons. The van der Waals surface area contributed by atoms with Gasteiger partial charge < -0.3 is 10.6 Å². The minimum atomic E-state index is -0.407. The zero-order valence-electron chi connectivity index (χ0n) is 9.91. The van der Waals surface area contributed by atoms with Crippen molar-refractivity contribution in [2.45, 2.75) is 25.3 Å². The average molecular weight is 250 g/mol. The molecule has 1 aliphatic carbocycles. The van der Waals surface area contributed by atoms with E-state index in [0.29, 0.717) is 5.56 Å². The van der Waals surface area contributed by atoms with Crippen molar-refractivity contribution >= 4 is 11.8 Å². The molecule has 2 amide bonds. The fourth-order valence-corrected chi connectivity index (χ4v) is 1.56. The number of carbonyl (C=O) groups is 2. The molecule has 1 aromatic carbocycles. The Balaban J connectivity index is 1.74. The fourth-order valence-electron chi connectivity index (χ4n) is 1.56. The van der Waals surface area contributed by atoms with Crippen molar-refractivity contribution in [2.24, 2.45) is 0 Å². The monoisotopic (exact) mass is 250 g/mol. The highest BCUT2D eigenvalue weighted by molar-refractivity contribution is 5.85. The summed E-state index contributed by atoms with van der Waals surface area (Å²) in [5.74, 6) is -0.958. The molecule has 1 aromatic rings. The van der Waals surface area contributed by atoms with Crippen LogP contribution in [-0.2, 0) is 16.0 Å². The molecular weight excluding hydrogens is 235 g/mol. The van der Waals surface area contributed by atoms with Crippen LogP contribution < -0.4 is 10.6 Å². The number of carbonyl (C=O) groups excluding carboxylic acids is 2. The Bertz CT molecular complexity index is 458. The van der Waals surface area contributed by atoms with E-state index in [1.165, 1.54) is 6.07 Å². The van der Waals surface area contributed by atoms with Gasteiger partial charge in [0.2, 0.25) is 11.8 Å². The van der Waals surface area contributed by atoms with Crippen LogP contribution in [0.4, 0.5) is 4.39 Å². The van der Waals surface area contributed by atoms with Crippen LogP contribution in [0.2, 0.25) is 0 Å². The third-order valence-electron chi connectivity index (χ3n) is 2.70. The zero-order chi connectivity index (χ0) is 13.0. The highest BCUT2D eigenvalue weighted by Crippen LogP contribution is 2.18. The third-order valence-corrected chi connectivity index (χ3v) is 2.70. The Morgan fingerprint density at radius 3 is 2.61 bits per heavy atom. The zero-order valence-corrected chi connectivity index (χ0v) is 9.91. The SMILES string of the molecule is O=C(Cc1ccccc1F)NCC(=O)NC1CC1. The van der Waals surface area contributed by atoms with Crippen molar-refractivity contribution in [3.8, 4) is 0 Å². The van der Waals surface area contributed by atoms with Gasteiger partial charge in [0.05, 0.1) is 13.0 Å². The number of hydrogen-bond donors (Lipinski definition) is 2. The molecule has 1 saturated carbocycles. The van der Waals surface area contributed by atoms with E-state index in [2.05, 4.69) is 10.6 Å². The summed E-state index contributed by atoms with van der Waals surface area (Å²) >= 11 is 0. The second-order valence-corrected chi connectivity index (χ2v) is 4.39. The van der Waals surface area contributed by atoms with Crippen LogP contribution in [0.15, 0.2) is 24.3 Å². The van der Waals surface area contributed by atoms with E-state index < -0.39 is 5.82 Å². The van der Waals surface area contributed by atoms with Crippen molar-refractivity contribution in [1.82, 2.24) is 10.6 Å². The standard InChI is InChI=1S/C13H15FN2O2/c14-11-4-2-1-3-9(11)7-12(17)15-8-13(18)16-10-5-6-10/h1-4,10H,5-8H2,(H,15,17)(H,16,18). The molecule has 0 spiro atoms. The van der Waals surface area contributed by atoms with Crippen LogP contribution in [0, 0.1) is 5.82 Å². The Hall–Kier alpha value is -1.91. The molecule has 0 saturated heterocycles. The van der Waals surface area contributed by atoms with Crippen molar-refractivity contribution in [2.75, 3.05) is 6.54 Å². The van der Waals surface area contributed by atoms with Crippen LogP contribution in [0.5, 0.6) is 0 Å². The lowest BCUT2D eigenvalue weighted by Crippen LogP contribution is -2.38. The molecule has 0 aliphatic heterocycles. The number of nitrogens with one attached hydrogen (secondary N) is 2. The fraction of sp³-hybridized carbons (Fsp3) is 0.385. The average Bonchev–Trinajstić information content (AvgIpc) is 3.13. The predicted molar refractivity (Wildman–Crippen MR) is 64.3 cm³/mol. The number of halogens is 1. The largest absolute Gasteiger partial charge is 0.352 e. The molecule has 2 rings (SSSR count). The van der Waals surface area contributed by atoms with Crippen molar-refractivity contribution < 1.29 is 14.0 Å². The van der Waals surface area contributed by atoms with Gasteiger partial charge in [0.15, 0.2) is 0 Å². The molecule has 0 aromatic heterocycles. The first-order valence-corrected chi connectivity index (χ1v) is 5.94. The second-order valence-electron chi connectivity index (χ2n) is 4.39. The minimum absolute atomic E-state index is 0.0518. The molecule has 0 atom stereocenters. The summed E-state index contributed by atoms with van der Waals surface area (Å²) < 4.78 is 13.3. The third kappa shape index (κ3) is 3.84. The van der Waals surface area contributed by atoms with Crippen molar-refractivity contribution in [3.05, 3.63) is 35.6 Å².